The summed E-state index contributed by atoms with van der Waals surface area (Å²) in [5.74, 6) is 0.653. The number of rotatable bonds is 4. The quantitative estimate of drug-likeness (QED) is 0.546. The van der Waals surface area contributed by atoms with Crippen LogP contribution in [-0.2, 0) is 6.42 Å². The number of hydrogen-bond acceptors (Lipinski definition) is 2. The third kappa shape index (κ3) is 3.92. The van der Waals surface area contributed by atoms with E-state index in [9.17, 15) is 13.2 Å². The Kier molecular flexibility index (Phi) is 4.54. The summed E-state index contributed by atoms with van der Waals surface area (Å²) < 4.78 is 40.8. The molecule has 1 heterocycles. The van der Waals surface area contributed by atoms with Crippen LogP contribution in [0.5, 0.6) is 5.75 Å². The lowest BCUT2D eigenvalue weighted by molar-refractivity contribution is -0.274. The predicted molar refractivity (Wildman–Crippen MR) is 98.8 cm³/mol. The van der Waals surface area contributed by atoms with Crippen molar-refractivity contribution < 1.29 is 17.9 Å². The van der Waals surface area contributed by atoms with Crippen LogP contribution in [0.4, 0.5) is 13.2 Å². The molecule has 0 N–H and O–H groups in total. The van der Waals surface area contributed by atoms with Gasteiger partial charge in [-0.2, -0.15) is 0 Å². The smallest absolute Gasteiger partial charge is 0.406 e. The van der Waals surface area contributed by atoms with Gasteiger partial charge < -0.3 is 4.74 Å². The molecule has 1 fully saturated rings. The Morgan fingerprint density at radius 2 is 1.78 bits per heavy atom. The highest BCUT2D eigenvalue weighted by molar-refractivity contribution is 5.82. The summed E-state index contributed by atoms with van der Waals surface area (Å²) >= 11 is 0. The van der Waals surface area contributed by atoms with Crippen molar-refractivity contribution >= 4 is 10.9 Å². The number of alkyl halides is 3. The number of benzene rings is 2. The Bertz CT molecular complexity index is 950. The van der Waals surface area contributed by atoms with E-state index in [2.05, 4.69) is 23.8 Å². The van der Waals surface area contributed by atoms with Crippen molar-refractivity contribution in [2.24, 2.45) is 5.92 Å². The van der Waals surface area contributed by atoms with Crippen molar-refractivity contribution in [3.8, 4) is 5.75 Å². The van der Waals surface area contributed by atoms with Crippen molar-refractivity contribution in [2.45, 2.75) is 38.5 Å². The average Bonchev–Trinajstić information content (AvgIpc) is 2.59. The second-order valence-electron chi connectivity index (χ2n) is 7.21. The number of fused-ring (bicyclic) bond motifs is 1. The van der Waals surface area contributed by atoms with Gasteiger partial charge in [-0.25, -0.2) is 0 Å². The number of para-hydroxylation sites is 1. The summed E-state index contributed by atoms with van der Waals surface area (Å²) in [5.41, 5.74) is 4.38. The summed E-state index contributed by atoms with van der Waals surface area (Å²) in [6.07, 6.45) is -1.60. The van der Waals surface area contributed by atoms with E-state index in [1.165, 1.54) is 23.1 Å². The maximum atomic E-state index is 12.3. The number of pyridine rings is 1. The SMILES string of the molecule is Cc1cc(CC2CCC2c2ccc(OC(F)(F)F)cc2)nc2ccccc12. The first-order chi connectivity index (χ1) is 12.9. The molecular formula is C22H20F3NO. The highest BCUT2D eigenvalue weighted by atomic mass is 19.4. The van der Waals surface area contributed by atoms with Crippen LogP contribution in [0.1, 0.15) is 35.6 Å². The Morgan fingerprint density at radius 1 is 1.04 bits per heavy atom. The highest BCUT2D eigenvalue weighted by Gasteiger charge is 2.33. The van der Waals surface area contributed by atoms with Crippen molar-refractivity contribution in [3.63, 3.8) is 0 Å². The van der Waals surface area contributed by atoms with Crippen LogP contribution in [0.15, 0.2) is 54.6 Å². The lowest BCUT2D eigenvalue weighted by Gasteiger charge is -2.37. The van der Waals surface area contributed by atoms with Crippen LogP contribution in [0.3, 0.4) is 0 Å². The molecule has 2 aromatic carbocycles. The first-order valence-electron chi connectivity index (χ1n) is 9.10. The van der Waals surface area contributed by atoms with E-state index in [0.717, 1.165) is 36.0 Å². The van der Waals surface area contributed by atoms with Gasteiger partial charge in [0.2, 0.25) is 0 Å². The van der Waals surface area contributed by atoms with E-state index in [1.54, 1.807) is 12.1 Å². The zero-order valence-electron chi connectivity index (χ0n) is 15.0. The fourth-order valence-corrected chi connectivity index (χ4v) is 3.96. The van der Waals surface area contributed by atoms with Crippen LogP contribution in [0.25, 0.3) is 10.9 Å². The van der Waals surface area contributed by atoms with Crippen molar-refractivity contribution in [1.82, 2.24) is 4.98 Å². The van der Waals surface area contributed by atoms with E-state index < -0.39 is 6.36 Å². The summed E-state index contributed by atoms with van der Waals surface area (Å²) in [7, 11) is 0. The molecule has 2 atom stereocenters. The minimum Gasteiger partial charge on any atom is -0.406 e. The topological polar surface area (TPSA) is 22.1 Å². The molecule has 0 spiro atoms. The Hall–Kier alpha value is -2.56. The normalized spacial score (nSPS) is 19.7. The summed E-state index contributed by atoms with van der Waals surface area (Å²) in [4.78, 5) is 4.80. The number of ether oxygens (including phenoxy) is 1. The molecule has 1 aliphatic rings. The molecule has 2 unspecified atom stereocenters. The van der Waals surface area contributed by atoms with E-state index in [4.69, 9.17) is 4.98 Å². The summed E-state index contributed by atoms with van der Waals surface area (Å²) in [5, 5.41) is 1.17. The zero-order valence-corrected chi connectivity index (χ0v) is 15.0. The predicted octanol–water partition coefficient (Wildman–Crippen LogP) is 6.18. The molecule has 5 heteroatoms. The van der Waals surface area contributed by atoms with Crippen LogP contribution in [-0.4, -0.2) is 11.3 Å². The van der Waals surface area contributed by atoms with Gasteiger partial charge >= 0.3 is 6.36 Å². The van der Waals surface area contributed by atoms with Crippen molar-refractivity contribution in [1.29, 1.82) is 0 Å². The Labute approximate surface area is 156 Å². The number of aromatic nitrogens is 1. The third-order valence-corrected chi connectivity index (χ3v) is 5.41. The molecule has 27 heavy (non-hydrogen) atoms. The van der Waals surface area contributed by atoms with E-state index >= 15 is 0 Å². The van der Waals surface area contributed by atoms with Gasteiger partial charge in [0.25, 0.3) is 0 Å². The molecule has 0 aliphatic heterocycles. The fraction of sp³-hybridized carbons (Fsp3) is 0.318. The van der Waals surface area contributed by atoms with Crippen LogP contribution in [0.2, 0.25) is 0 Å². The van der Waals surface area contributed by atoms with E-state index in [-0.39, 0.29) is 5.75 Å². The molecule has 0 saturated heterocycles. The highest BCUT2D eigenvalue weighted by Crippen LogP contribution is 2.44. The Balaban J connectivity index is 1.48. The second kappa shape index (κ2) is 6.87. The van der Waals surface area contributed by atoms with Gasteiger partial charge in [-0.1, -0.05) is 30.3 Å². The van der Waals surface area contributed by atoms with Crippen molar-refractivity contribution in [3.05, 3.63) is 71.4 Å². The molecule has 1 aromatic heterocycles. The van der Waals surface area contributed by atoms with Gasteiger partial charge in [-0.3, -0.25) is 4.98 Å². The monoisotopic (exact) mass is 371 g/mol. The zero-order chi connectivity index (χ0) is 19.0. The second-order valence-corrected chi connectivity index (χ2v) is 7.21. The molecule has 1 aliphatic carbocycles. The molecule has 0 amide bonds. The summed E-state index contributed by atoms with van der Waals surface area (Å²) in [6.45, 7) is 2.10. The standard InChI is InChI=1S/C22H20F3NO/c1-14-12-17(26-21-5-3-2-4-19(14)21)13-16-8-11-20(16)15-6-9-18(10-7-15)27-22(23,24)25/h2-7,9-10,12,16,20H,8,11,13H2,1H3. The van der Waals surface area contributed by atoms with Gasteiger partial charge in [0, 0.05) is 11.1 Å². The molecule has 0 radical (unpaired) electrons. The van der Waals surface area contributed by atoms with E-state index in [1.807, 2.05) is 18.2 Å². The third-order valence-electron chi connectivity index (χ3n) is 5.41. The average molecular weight is 371 g/mol. The lowest BCUT2D eigenvalue weighted by Crippen LogP contribution is -2.26. The molecular weight excluding hydrogens is 351 g/mol. The first kappa shape index (κ1) is 17.8. The maximum Gasteiger partial charge on any atom is 0.573 e. The number of aryl methyl sites for hydroxylation is 1. The summed E-state index contributed by atoms with van der Waals surface area (Å²) in [6, 6.07) is 16.6. The van der Waals surface area contributed by atoms with Gasteiger partial charge in [0.15, 0.2) is 0 Å². The minimum atomic E-state index is -4.65. The van der Waals surface area contributed by atoms with Crippen LogP contribution in [0, 0.1) is 12.8 Å². The number of hydrogen-bond donors (Lipinski definition) is 0. The van der Waals surface area contributed by atoms with Gasteiger partial charge in [-0.05, 0) is 73.4 Å². The molecule has 3 aromatic rings. The maximum absolute atomic E-state index is 12.3. The molecule has 140 valence electrons. The van der Waals surface area contributed by atoms with E-state index in [0.29, 0.717) is 11.8 Å². The molecule has 2 nitrogen and oxygen atoms in total. The number of nitrogens with zero attached hydrogens (tertiary/aromatic N) is 1. The van der Waals surface area contributed by atoms with Crippen LogP contribution < -0.4 is 4.74 Å². The Morgan fingerprint density at radius 3 is 2.44 bits per heavy atom. The van der Waals surface area contributed by atoms with Gasteiger partial charge in [0.05, 0.1) is 5.52 Å². The lowest BCUT2D eigenvalue weighted by atomic mass is 9.68. The fourth-order valence-electron chi connectivity index (χ4n) is 3.96. The first-order valence-corrected chi connectivity index (χ1v) is 9.10. The van der Waals surface area contributed by atoms with Gasteiger partial charge in [0.1, 0.15) is 5.75 Å². The number of halogens is 3. The van der Waals surface area contributed by atoms with Crippen molar-refractivity contribution in [2.75, 3.05) is 0 Å². The van der Waals surface area contributed by atoms with Crippen LogP contribution >= 0.6 is 0 Å². The molecule has 1 saturated carbocycles. The molecule has 0 bridgehead atoms. The minimum absolute atomic E-state index is 0.172. The van der Waals surface area contributed by atoms with Gasteiger partial charge in [-0.15, -0.1) is 13.2 Å². The molecule has 4 rings (SSSR count). The largest absolute Gasteiger partial charge is 0.573 e.